The van der Waals surface area contributed by atoms with Crippen LogP contribution in [0.2, 0.25) is 0 Å². The van der Waals surface area contributed by atoms with Gasteiger partial charge in [0.15, 0.2) is 0 Å². The summed E-state index contributed by atoms with van der Waals surface area (Å²) in [5, 5.41) is 4.20. The van der Waals surface area contributed by atoms with Crippen molar-refractivity contribution in [3.05, 3.63) is 64.4 Å². The summed E-state index contributed by atoms with van der Waals surface area (Å²) >= 11 is 1.50. The van der Waals surface area contributed by atoms with E-state index in [-0.39, 0.29) is 11.6 Å². The van der Waals surface area contributed by atoms with Crippen molar-refractivity contribution in [2.24, 2.45) is 0 Å². The standard InChI is InChI=1S/C17H18N2OS/c1-3-18-12(2)13-8-4-6-10-15(13)19-17(20)14-9-5-7-11-16(14)21-19/h4-12,18H,3H2,1-2H3. The number of hydrogen-bond acceptors (Lipinski definition) is 3. The summed E-state index contributed by atoms with van der Waals surface area (Å²) < 4.78 is 2.82. The minimum atomic E-state index is 0.0618. The smallest absolute Gasteiger partial charge is 0.273 e. The van der Waals surface area contributed by atoms with Crippen LogP contribution in [-0.4, -0.2) is 10.5 Å². The Morgan fingerprint density at radius 3 is 2.62 bits per heavy atom. The van der Waals surface area contributed by atoms with Gasteiger partial charge in [0.1, 0.15) is 0 Å². The molecule has 0 saturated carbocycles. The molecule has 0 aliphatic heterocycles. The molecule has 1 unspecified atom stereocenters. The van der Waals surface area contributed by atoms with Crippen molar-refractivity contribution in [1.29, 1.82) is 0 Å². The van der Waals surface area contributed by atoms with E-state index in [0.29, 0.717) is 0 Å². The van der Waals surface area contributed by atoms with E-state index >= 15 is 0 Å². The number of nitrogens with zero attached hydrogens (tertiary/aromatic N) is 1. The van der Waals surface area contributed by atoms with Crippen LogP contribution in [0.1, 0.15) is 25.5 Å². The lowest BCUT2D eigenvalue weighted by molar-refractivity contribution is 0.596. The molecule has 0 aliphatic rings. The van der Waals surface area contributed by atoms with Crippen LogP contribution in [0.25, 0.3) is 15.8 Å². The van der Waals surface area contributed by atoms with Crippen molar-refractivity contribution in [3.8, 4) is 5.69 Å². The minimum Gasteiger partial charge on any atom is -0.310 e. The van der Waals surface area contributed by atoms with Gasteiger partial charge in [0.05, 0.1) is 15.8 Å². The fourth-order valence-corrected chi connectivity index (χ4v) is 3.62. The van der Waals surface area contributed by atoms with E-state index < -0.39 is 0 Å². The molecule has 0 amide bonds. The molecule has 21 heavy (non-hydrogen) atoms. The second-order valence-corrected chi connectivity index (χ2v) is 6.01. The highest BCUT2D eigenvalue weighted by Crippen LogP contribution is 2.25. The summed E-state index contributed by atoms with van der Waals surface area (Å²) in [6.07, 6.45) is 0. The van der Waals surface area contributed by atoms with Gasteiger partial charge in [-0.3, -0.25) is 4.79 Å². The number of benzene rings is 2. The number of nitrogens with one attached hydrogen (secondary N) is 1. The van der Waals surface area contributed by atoms with E-state index in [0.717, 1.165) is 27.9 Å². The van der Waals surface area contributed by atoms with E-state index in [4.69, 9.17) is 0 Å². The van der Waals surface area contributed by atoms with E-state index in [9.17, 15) is 4.79 Å². The number of hydrogen-bond donors (Lipinski definition) is 1. The molecule has 4 heteroatoms. The number of para-hydroxylation sites is 1. The molecule has 2 aromatic carbocycles. The lowest BCUT2D eigenvalue weighted by Crippen LogP contribution is -2.21. The lowest BCUT2D eigenvalue weighted by Gasteiger charge is -2.16. The summed E-state index contributed by atoms with van der Waals surface area (Å²) in [5.41, 5.74) is 2.18. The highest BCUT2D eigenvalue weighted by Gasteiger charge is 2.14. The largest absolute Gasteiger partial charge is 0.310 e. The van der Waals surface area contributed by atoms with Gasteiger partial charge in [-0.25, -0.2) is 3.96 Å². The topological polar surface area (TPSA) is 34.0 Å². The molecule has 108 valence electrons. The Hall–Kier alpha value is -1.91. The lowest BCUT2D eigenvalue weighted by atomic mass is 10.1. The first-order valence-corrected chi connectivity index (χ1v) is 7.93. The molecule has 3 rings (SSSR count). The molecule has 0 radical (unpaired) electrons. The first-order valence-electron chi connectivity index (χ1n) is 7.16. The maximum atomic E-state index is 12.6. The van der Waals surface area contributed by atoms with E-state index in [1.807, 2.05) is 42.5 Å². The summed E-state index contributed by atoms with van der Waals surface area (Å²) in [6, 6.07) is 16.1. The summed E-state index contributed by atoms with van der Waals surface area (Å²) in [7, 11) is 0. The summed E-state index contributed by atoms with van der Waals surface area (Å²) in [4.78, 5) is 12.6. The Labute approximate surface area is 128 Å². The van der Waals surface area contributed by atoms with Gasteiger partial charge in [-0.2, -0.15) is 0 Å². The highest BCUT2D eigenvalue weighted by atomic mass is 32.1. The average Bonchev–Trinajstić information content (AvgIpc) is 2.85. The van der Waals surface area contributed by atoms with Crippen LogP contribution >= 0.6 is 11.5 Å². The zero-order valence-corrected chi connectivity index (χ0v) is 13.0. The predicted molar refractivity (Wildman–Crippen MR) is 89.5 cm³/mol. The van der Waals surface area contributed by atoms with Crippen LogP contribution in [0, 0.1) is 0 Å². The van der Waals surface area contributed by atoms with Gasteiger partial charge in [0, 0.05) is 6.04 Å². The van der Waals surface area contributed by atoms with Crippen LogP contribution < -0.4 is 10.9 Å². The molecular weight excluding hydrogens is 280 g/mol. The van der Waals surface area contributed by atoms with Crippen molar-refractivity contribution < 1.29 is 0 Å². The molecule has 0 saturated heterocycles. The van der Waals surface area contributed by atoms with Crippen LogP contribution in [0.3, 0.4) is 0 Å². The predicted octanol–water partition coefficient (Wildman–Crippen LogP) is 3.72. The fourth-order valence-electron chi connectivity index (χ4n) is 2.59. The first kappa shape index (κ1) is 14.0. The third kappa shape index (κ3) is 2.52. The second kappa shape index (κ2) is 5.84. The molecule has 1 aromatic heterocycles. The van der Waals surface area contributed by atoms with Crippen molar-refractivity contribution >= 4 is 21.6 Å². The molecule has 1 N–H and O–H groups in total. The Balaban J connectivity index is 2.19. The molecule has 0 spiro atoms. The first-order chi connectivity index (χ1) is 10.2. The molecule has 1 atom stereocenters. The Bertz CT molecular complexity index is 819. The van der Waals surface area contributed by atoms with Gasteiger partial charge in [-0.1, -0.05) is 48.8 Å². The maximum absolute atomic E-state index is 12.6. The van der Waals surface area contributed by atoms with Crippen LogP contribution in [0.4, 0.5) is 0 Å². The fraction of sp³-hybridized carbons (Fsp3) is 0.235. The van der Waals surface area contributed by atoms with Crippen LogP contribution in [0.15, 0.2) is 53.3 Å². The van der Waals surface area contributed by atoms with Gasteiger partial charge in [-0.05, 0) is 37.2 Å². The molecular formula is C17H18N2OS. The third-order valence-electron chi connectivity index (χ3n) is 3.62. The summed E-state index contributed by atoms with van der Waals surface area (Å²) in [6.45, 7) is 5.11. The van der Waals surface area contributed by atoms with Crippen LogP contribution in [0.5, 0.6) is 0 Å². The van der Waals surface area contributed by atoms with Crippen molar-refractivity contribution in [2.75, 3.05) is 6.54 Å². The highest BCUT2D eigenvalue weighted by molar-refractivity contribution is 7.14. The van der Waals surface area contributed by atoms with Crippen LogP contribution in [-0.2, 0) is 0 Å². The normalized spacial score (nSPS) is 12.7. The molecule has 1 heterocycles. The van der Waals surface area contributed by atoms with Gasteiger partial charge in [-0.15, -0.1) is 0 Å². The molecule has 0 bridgehead atoms. The van der Waals surface area contributed by atoms with E-state index in [2.05, 4.69) is 25.2 Å². The second-order valence-electron chi connectivity index (χ2n) is 5.03. The van der Waals surface area contributed by atoms with Crippen molar-refractivity contribution in [3.63, 3.8) is 0 Å². The van der Waals surface area contributed by atoms with Crippen molar-refractivity contribution in [2.45, 2.75) is 19.9 Å². The van der Waals surface area contributed by atoms with E-state index in [1.54, 1.807) is 3.96 Å². The van der Waals surface area contributed by atoms with Gasteiger partial charge in [0.25, 0.3) is 5.56 Å². The molecule has 3 nitrogen and oxygen atoms in total. The monoisotopic (exact) mass is 298 g/mol. The zero-order chi connectivity index (χ0) is 14.8. The van der Waals surface area contributed by atoms with Crippen molar-refractivity contribution in [1.82, 2.24) is 9.27 Å². The van der Waals surface area contributed by atoms with Gasteiger partial charge < -0.3 is 5.32 Å². The Morgan fingerprint density at radius 1 is 1.14 bits per heavy atom. The number of fused-ring (bicyclic) bond motifs is 1. The molecule has 0 fully saturated rings. The minimum absolute atomic E-state index is 0.0618. The van der Waals surface area contributed by atoms with Gasteiger partial charge >= 0.3 is 0 Å². The quantitative estimate of drug-likeness (QED) is 0.796. The average molecular weight is 298 g/mol. The third-order valence-corrected chi connectivity index (χ3v) is 4.72. The SMILES string of the molecule is CCNC(C)c1ccccc1-n1sc2ccccc2c1=O. The molecule has 0 aliphatic carbocycles. The molecule has 3 aromatic rings. The number of aromatic nitrogens is 1. The van der Waals surface area contributed by atoms with E-state index in [1.165, 1.54) is 11.5 Å². The zero-order valence-electron chi connectivity index (χ0n) is 12.2. The maximum Gasteiger partial charge on any atom is 0.273 e. The Morgan fingerprint density at radius 2 is 1.86 bits per heavy atom. The van der Waals surface area contributed by atoms with Gasteiger partial charge in [0.2, 0.25) is 0 Å². The summed E-state index contributed by atoms with van der Waals surface area (Å²) in [5.74, 6) is 0. The number of rotatable bonds is 4. The Kier molecular flexibility index (Phi) is 3.90.